The highest BCUT2D eigenvalue weighted by atomic mass is 16.5. The average Bonchev–Trinajstić information content (AvgIpc) is 3.39. The second-order valence-corrected chi connectivity index (χ2v) is 8.47. The van der Waals surface area contributed by atoms with Crippen LogP contribution in [0.4, 0.5) is 0 Å². The van der Waals surface area contributed by atoms with Crippen LogP contribution < -0.4 is 19.5 Å². The SMILES string of the molecule is COc1ccc(-c2nnc3ccc(OCCNC(=O)Cc4ccc(-c5ccccc5)cc4)nn23)cc1OC. The van der Waals surface area contributed by atoms with Crippen LogP contribution in [-0.2, 0) is 11.2 Å². The van der Waals surface area contributed by atoms with Crippen molar-refractivity contribution < 1.29 is 19.0 Å². The van der Waals surface area contributed by atoms with Crippen molar-refractivity contribution in [1.29, 1.82) is 0 Å². The molecule has 0 saturated carbocycles. The van der Waals surface area contributed by atoms with Gasteiger partial charge in [-0.15, -0.1) is 15.3 Å². The van der Waals surface area contributed by atoms with Crippen molar-refractivity contribution in [2.24, 2.45) is 0 Å². The highest BCUT2D eigenvalue weighted by Crippen LogP contribution is 2.31. The smallest absolute Gasteiger partial charge is 0.231 e. The predicted molar refractivity (Wildman–Crippen MR) is 143 cm³/mol. The molecule has 9 heteroatoms. The van der Waals surface area contributed by atoms with Crippen LogP contribution in [-0.4, -0.2) is 53.1 Å². The largest absolute Gasteiger partial charge is 0.493 e. The number of amides is 1. The number of benzene rings is 3. The van der Waals surface area contributed by atoms with E-state index in [4.69, 9.17) is 14.2 Å². The van der Waals surface area contributed by atoms with E-state index in [2.05, 4.69) is 32.7 Å². The van der Waals surface area contributed by atoms with E-state index in [-0.39, 0.29) is 12.5 Å². The Bertz CT molecular complexity index is 1530. The summed E-state index contributed by atoms with van der Waals surface area (Å²) in [6, 6.07) is 27.1. The van der Waals surface area contributed by atoms with Crippen molar-refractivity contribution in [3.05, 3.63) is 90.5 Å². The normalized spacial score (nSPS) is 10.8. The Morgan fingerprint density at radius 2 is 1.55 bits per heavy atom. The van der Waals surface area contributed by atoms with Gasteiger partial charge in [-0.2, -0.15) is 4.52 Å². The molecule has 0 saturated heterocycles. The first kappa shape index (κ1) is 24.8. The molecule has 0 bridgehead atoms. The lowest BCUT2D eigenvalue weighted by Gasteiger charge is -2.09. The molecule has 5 rings (SSSR count). The number of nitrogens with zero attached hydrogens (tertiary/aromatic N) is 4. The summed E-state index contributed by atoms with van der Waals surface area (Å²) in [4.78, 5) is 12.4. The predicted octanol–water partition coefficient (Wildman–Crippen LogP) is 4.21. The van der Waals surface area contributed by atoms with Gasteiger partial charge in [-0.05, 0) is 41.0 Å². The van der Waals surface area contributed by atoms with Gasteiger partial charge in [0.2, 0.25) is 11.8 Å². The number of carbonyl (C=O) groups is 1. The maximum absolute atomic E-state index is 12.4. The fourth-order valence-corrected chi connectivity index (χ4v) is 4.04. The number of methoxy groups -OCH3 is 2. The Hall–Kier alpha value is -4.92. The van der Waals surface area contributed by atoms with Gasteiger partial charge in [-0.3, -0.25) is 4.79 Å². The Labute approximate surface area is 220 Å². The molecule has 9 nitrogen and oxygen atoms in total. The molecule has 2 aromatic heterocycles. The number of carbonyl (C=O) groups excluding carboxylic acids is 1. The van der Waals surface area contributed by atoms with Crippen LogP contribution in [0.25, 0.3) is 28.2 Å². The number of ether oxygens (including phenoxy) is 3. The molecule has 1 N–H and O–H groups in total. The van der Waals surface area contributed by atoms with Gasteiger partial charge in [0.25, 0.3) is 0 Å². The fourth-order valence-electron chi connectivity index (χ4n) is 4.04. The van der Waals surface area contributed by atoms with E-state index < -0.39 is 0 Å². The van der Waals surface area contributed by atoms with Crippen molar-refractivity contribution in [2.45, 2.75) is 6.42 Å². The molecule has 0 fully saturated rings. The van der Waals surface area contributed by atoms with Crippen molar-refractivity contribution >= 4 is 11.6 Å². The van der Waals surface area contributed by atoms with E-state index in [1.165, 1.54) is 0 Å². The van der Waals surface area contributed by atoms with Crippen molar-refractivity contribution in [2.75, 3.05) is 27.4 Å². The fraction of sp³-hybridized carbons (Fsp3) is 0.172. The molecule has 0 aliphatic carbocycles. The molecule has 0 spiro atoms. The first-order valence-corrected chi connectivity index (χ1v) is 12.1. The summed E-state index contributed by atoms with van der Waals surface area (Å²) in [6.07, 6.45) is 0.300. The summed E-state index contributed by atoms with van der Waals surface area (Å²) in [7, 11) is 3.16. The summed E-state index contributed by atoms with van der Waals surface area (Å²) < 4.78 is 18.1. The molecule has 1 amide bonds. The monoisotopic (exact) mass is 509 g/mol. The standard InChI is InChI=1S/C29H27N5O4/c1-36-24-13-12-23(19-25(24)37-2)29-32-31-26-14-15-28(33-34(26)29)38-17-16-30-27(35)18-20-8-10-22(11-9-20)21-6-4-3-5-7-21/h3-15,19H,16-18H2,1-2H3,(H,30,35). The zero-order valence-corrected chi connectivity index (χ0v) is 21.1. The molecule has 3 aromatic carbocycles. The van der Waals surface area contributed by atoms with Crippen LogP contribution in [0.2, 0.25) is 0 Å². The topological polar surface area (TPSA) is 99.9 Å². The maximum atomic E-state index is 12.4. The highest BCUT2D eigenvalue weighted by Gasteiger charge is 2.14. The lowest BCUT2D eigenvalue weighted by molar-refractivity contribution is -0.120. The van der Waals surface area contributed by atoms with Gasteiger partial charge < -0.3 is 19.5 Å². The third kappa shape index (κ3) is 5.57. The van der Waals surface area contributed by atoms with Gasteiger partial charge in [0.1, 0.15) is 6.61 Å². The Kier molecular flexibility index (Phi) is 7.44. The molecule has 0 radical (unpaired) electrons. The molecule has 0 atom stereocenters. The van der Waals surface area contributed by atoms with E-state index in [1.807, 2.05) is 54.6 Å². The first-order chi connectivity index (χ1) is 18.6. The average molecular weight is 510 g/mol. The van der Waals surface area contributed by atoms with Crippen LogP contribution in [0.3, 0.4) is 0 Å². The third-order valence-electron chi connectivity index (χ3n) is 5.98. The summed E-state index contributed by atoms with van der Waals surface area (Å²) in [5, 5.41) is 15.8. The zero-order valence-electron chi connectivity index (χ0n) is 21.1. The van der Waals surface area contributed by atoms with Gasteiger partial charge in [-0.1, -0.05) is 54.6 Å². The molecule has 0 aliphatic rings. The van der Waals surface area contributed by atoms with Crippen LogP contribution in [0.5, 0.6) is 17.4 Å². The van der Waals surface area contributed by atoms with Crippen molar-refractivity contribution in [3.63, 3.8) is 0 Å². The molecule has 38 heavy (non-hydrogen) atoms. The summed E-state index contributed by atoms with van der Waals surface area (Å²) >= 11 is 0. The molecule has 0 aliphatic heterocycles. The van der Waals surface area contributed by atoms with Gasteiger partial charge in [0.15, 0.2) is 23.0 Å². The van der Waals surface area contributed by atoms with Crippen LogP contribution in [0.1, 0.15) is 5.56 Å². The number of fused-ring (bicyclic) bond motifs is 1. The van der Waals surface area contributed by atoms with Gasteiger partial charge in [0, 0.05) is 11.6 Å². The maximum Gasteiger partial charge on any atom is 0.231 e. The Morgan fingerprint density at radius 3 is 2.32 bits per heavy atom. The Morgan fingerprint density at radius 1 is 0.816 bits per heavy atom. The lowest BCUT2D eigenvalue weighted by atomic mass is 10.0. The summed E-state index contributed by atoms with van der Waals surface area (Å²) in [5.41, 5.74) is 4.56. The zero-order chi connectivity index (χ0) is 26.3. The second-order valence-electron chi connectivity index (χ2n) is 8.47. The van der Waals surface area contributed by atoms with Crippen LogP contribution >= 0.6 is 0 Å². The van der Waals surface area contributed by atoms with Crippen molar-refractivity contribution in [3.8, 4) is 39.9 Å². The second kappa shape index (κ2) is 11.4. The number of hydrogen-bond donors (Lipinski definition) is 1. The van der Waals surface area contributed by atoms with Gasteiger partial charge in [0.05, 0.1) is 27.2 Å². The number of nitrogens with one attached hydrogen (secondary N) is 1. The third-order valence-corrected chi connectivity index (χ3v) is 5.98. The number of aromatic nitrogens is 4. The molecule has 0 unspecified atom stereocenters. The molecule has 2 heterocycles. The minimum Gasteiger partial charge on any atom is -0.493 e. The van der Waals surface area contributed by atoms with E-state index in [0.29, 0.717) is 41.8 Å². The molecular weight excluding hydrogens is 482 g/mol. The molecular formula is C29H27N5O4. The van der Waals surface area contributed by atoms with E-state index in [0.717, 1.165) is 22.3 Å². The lowest BCUT2D eigenvalue weighted by Crippen LogP contribution is -2.29. The summed E-state index contributed by atoms with van der Waals surface area (Å²) in [6.45, 7) is 0.621. The molecule has 192 valence electrons. The van der Waals surface area contributed by atoms with E-state index in [9.17, 15) is 4.79 Å². The summed E-state index contributed by atoms with van der Waals surface area (Å²) in [5.74, 6) is 2.06. The number of rotatable bonds is 10. The minimum atomic E-state index is -0.0704. The van der Waals surface area contributed by atoms with Crippen LogP contribution in [0.15, 0.2) is 84.9 Å². The quantitative estimate of drug-likeness (QED) is 0.282. The highest BCUT2D eigenvalue weighted by molar-refractivity contribution is 5.78. The Balaban J connectivity index is 1.16. The minimum absolute atomic E-state index is 0.0704. The van der Waals surface area contributed by atoms with Gasteiger partial charge >= 0.3 is 0 Å². The first-order valence-electron chi connectivity index (χ1n) is 12.1. The molecule has 5 aromatic rings. The van der Waals surface area contributed by atoms with Crippen LogP contribution in [0, 0.1) is 0 Å². The van der Waals surface area contributed by atoms with E-state index in [1.54, 1.807) is 36.9 Å². The van der Waals surface area contributed by atoms with Crippen molar-refractivity contribution in [1.82, 2.24) is 25.1 Å². The van der Waals surface area contributed by atoms with Gasteiger partial charge in [-0.25, -0.2) is 0 Å². The van der Waals surface area contributed by atoms with E-state index >= 15 is 0 Å². The number of hydrogen-bond acceptors (Lipinski definition) is 7.